The molecule has 0 bridgehead atoms. The van der Waals surface area contributed by atoms with Gasteiger partial charge in [0.2, 0.25) is 0 Å². The van der Waals surface area contributed by atoms with E-state index in [2.05, 4.69) is 158 Å². The van der Waals surface area contributed by atoms with Crippen LogP contribution in [0, 0.1) is 5.92 Å². The molecular formula is C46H28. The lowest BCUT2D eigenvalue weighted by Crippen LogP contribution is -2.20. The maximum absolute atomic E-state index is 2.45. The molecule has 0 aliphatic heterocycles. The maximum Gasteiger partial charge on any atom is 0.0199 e. The Morgan fingerprint density at radius 1 is 0.435 bits per heavy atom. The lowest BCUT2D eigenvalue weighted by Gasteiger charge is -2.35. The van der Waals surface area contributed by atoms with E-state index in [4.69, 9.17) is 0 Å². The summed E-state index contributed by atoms with van der Waals surface area (Å²) in [6, 6.07) is 43.6. The van der Waals surface area contributed by atoms with Crippen LogP contribution < -0.4 is 0 Å². The standard InChI is InChI=1S/C46H28/c1-2-12-38-37(11-1)45(35-23-31-19-15-27-7-5-8-28-16-20-32(24-35)43(31)41(27)28)39-13-3-4-14-40(39)46(38)36-25-33-21-17-29-9-6-10-30-18-22-34(26-36)44(33)42(29)30/h1-27,41H. The molecule has 2 atom stereocenters. The third-order valence-electron chi connectivity index (χ3n) is 10.8. The second-order valence-corrected chi connectivity index (χ2v) is 13.2. The summed E-state index contributed by atoms with van der Waals surface area (Å²) >= 11 is 0. The van der Waals surface area contributed by atoms with Crippen molar-refractivity contribution in [1.82, 2.24) is 0 Å². The summed E-state index contributed by atoms with van der Waals surface area (Å²) in [4.78, 5) is 0. The van der Waals surface area contributed by atoms with Crippen LogP contribution in [0.15, 0.2) is 151 Å². The molecule has 8 aromatic carbocycles. The van der Waals surface area contributed by atoms with Crippen molar-refractivity contribution >= 4 is 66.0 Å². The summed E-state index contributed by atoms with van der Waals surface area (Å²) in [5, 5.41) is 13.1. The molecule has 0 fully saturated rings. The third-order valence-corrected chi connectivity index (χ3v) is 10.8. The van der Waals surface area contributed by atoms with Gasteiger partial charge in [0.25, 0.3) is 0 Å². The normalized spacial score (nSPS) is 17.9. The molecule has 8 aromatic rings. The zero-order valence-corrected chi connectivity index (χ0v) is 25.2. The molecule has 0 saturated heterocycles. The van der Waals surface area contributed by atoms with Crippen molar-refractivity contribution in [2.24, 2.45) is 5.92 Å². The molecular weight excluding hydrogens is 553 g/mol. The monoisotopic (exact) mass is 580 g/mol. The molecule has 0 heterocycles. The van der Waals surface area contributed by atoms with Crippen LogP contribution in [0.4, 0.5) is 0 Å². The Morgan fingerprint density at radius 3 is 1.61 bits per heavy atom. The summed E-state index contributed by atoms with van der Waals surface area (Å²) in [6.07, 6.45) is 16.3. The molecule has 3 aliphatic carbocycles. The van der Waals surface area contributed by atoms with Gasteiger partial charge < -0.3 is 0 Å². The summed E-state index contributed by atoms with van der Waals surface area (Å²) in [5.41, 5.74) is 10.8. The molecule has 0 nitrogen and oxygen atoms in total. The van der Waals surface area contributed by atoms with Gasteiger partial charge in [0.1, 0.15) is 0 Å². The molecule has 0 saturated carbocycles. The van der Waals surface area contributed by atoms with E-state index in [1.807, 2.05) is 0 Å². The fourth-order valence-electron chi connectivity index (χ4n) is 8.95. The van der Waals surface area contributed by atoms with Crippen LogP contribution in [0.5, 0.6) is 0 Å². The molecule has 0 spiro atoms. The maximum atomic E-state index is 2.45. The smallest absolute Gasteiger partial charge is 0.0199 e. The second kappa shape index (κ2) is 8.93. The Kier molecular flexibility index (Phi) is 4.77. The molecule has 0 heteroatoms. The van der Waals surface area contributed by atoms with E-state index in [-0.39, 0.29) is 0 Å². The topological polar surface area (TPSA) is 0 Å². The van der Waals surface area contributed by atoms with Gasteiger partial charge in [0.05, 0.1) is 0 Å². The van der Waals surface area contributed by atoms with Crippen molar-refractivity contribution in [3.05, 3.63) is 168 Å². The number of hydrogen-bond acceptors (Lipinski definition) is 0. The van der Waals surface area contributed by atoms with E-state index in [1.54, 1.807) is 0 Å². The molecule has 0 N–H and O–H groups in total. The van der Waals surface area contributed by atoms with Gasteiger partial charge in [-0.1, -0.05) is 134 Å². The van der Waals surface area contributed by atoms with Crippen LogP contribution >= 0.6 is 0 Å². The zero-order valence-electron chi connectivity index (χ0n) is 25.2. The minimum Gasteiger partial charge on any atom is -0.0767 e. The quantitative estimate of drug-likeness (QED) is 0.141. The van der Waals surface area contributed by atoms with Crippen molar-refractivity contribution in [3.63, 3.8) is 0 Å². The van der Waals surface area contributed by atoms with E-state index in [1.165, 1.54) is 98.4 Å². The number of benzene rings is 8. The lowest BCUT2D eigenvalue weighted by atomic mass is 9.68. The van der Waals surface area contributed by atoms with E-state index < -0.39 is 0 Å². The summed E-state index contributed by atoms with van der Waals surface area (Å²) in [5.74, 6) is 0.862. The lowest BCUT2D eigenvalue weighted by molar-refractivity contribution is 0.664. The number of rotatable bonds is 2. The van der Waals surface area contributed by atoms with Gasteiger partial charge in [-0.2, -0.15) is 0 Å². The third kappa shape index (κ3) is 3.23. The Bertz CT molecular complexity index is 2620. The largest absolute Gasteiger partial charge is 0.0767 e. The van der Waals surface area contributed by atoms with Crippen molar-refractivity contribution in [2.75, 3.05) is 0 Å². The molecule has 2 unspecified atom stereocenters. The van der Waals surface area contributed by atoms with E-state index in [0.29, 0.717) is 11.8 Å². The van der Waals surface area contributed by atoms with Crippen molar-refractivity contribution in [2.45, 2.75) is 5.92 Å². The Hall–Kier alpha value is -5.72. The van der Waals surface area contributed by atoms with Crippen LogP contribution in [-0.2, 0) is 0 Å². The Morgan fingerprint density at radius 2 is 0.978 bits per heavy atom. The highest BCUT2D eigenvalue weighted by atomic mass is 14.4. The highest BCUT2D eigenvalue weighted by Crippen LogP contribution is 2.50. The first-order valence-corrected chi connectivity index (χ1v) is 16.3. The molecule has 0 radical (unpaired) electrons. The van der Waals surface area contributed by atoms with Gasteiger partial charge in [0, 0.05) is 11.8 Å². The van der Waals surface area contributed by atoms with Crippen LogP contribution in [0.3, 0.4) is 0 Å². The molecule has 46 heavy (non-hydrogen) atoms. The molecule has 212 valence electrons. The van der Waals surface area contributed by atoms with E-state index in [9.17, 15) is 0 Å². The SMILES string of the molecule is C1=CC2C=Cc3cc(-c4c5ccccc5c(-c5cc6ccc7cccc8ccc(c5)c6c78)c5ccccc45)cc4c3C2C(=C1)C=C4. The van der Waals surface area contributed by atoms with Crippen LogP contribution in [-0.4, -0.2) is 0 Å². The summed E-state index contributed by atoms with van der Waals surface area (Å²) < 4.78 is 0. The van der Waals surface area contributed by atoms with Crippen molar-refractivity contribution in [1.29, 1.82) is 0 Å². The van der Waals surface area contributed by atoms with Gasteiger partial charge in [-0.25, -0.2) is 0 Å². The van der Waals surface area contributed by atoms with E-state index in [0.717, 1.165) is 0 Å². The van der Waals surface area contributed by atoms with Crippen LogP contribution in [0.1, 0.15) is 22.6 Å². The molecule has 3 aliphatic rings. The average molecular weight is 581 g/mol. The highest BCUT2D eigenvalue weighted by Gasteiger charge is 2.33. The fraction of sp³-hybridized carbons (Fsp3) is 0.0435. The number of allylic oxidation sites excluding steroid dienone is 6. The Balaban J connectivity index is 1.21. The predicted octanol–water partition coefficient (Wildman–Crippen LogP) is 12.5. The molecule has 0 aromatic heterocycles. The van der Waals surface area contributed by atoms with Crippen LogP contribution in [0.25, 0.3) is 88.3 Å². The first-order chi connectivity index (χ1) is 22.8. The summed E-state index contributed by atoms with van der Waals surface area (Å²) in [6.45, 7) is 0. The Labute approximate surface area is 267 Å². The van der Waals surface area contributed by atoms with E-state index >= 15 is 0 Å². The van der Waals surface area contributed by atoms with Gasteiger partial charge in [-0.15, -0.1) is 0 Å². The minimum atomic E-state index is 0.422. The minimum absolute atomic E-state index is 0.422. The molecule has 0 amide bonds. The van der Waals surface area contributed by atoms with Gasteiger partial charge in [-0.3, -0.25) is 0 Å². The van der Waals surface area contributed by atoms with Gasteiger partial charge in [0.15, 0.2) is 0 Å². The zero-order chi connectivity index (χ0) is 29.9. The summed E-state index contributed by atoms with van der Waals surface area (Å²) in [7, 11) is 0. The predicted molar refractivity (Wildman–Crippen MR) is 198 cm³/mol. The number of hydrogen-bond donors (Lipinski definition) is 0. The second-order valence-electron chi connectivity index (χ2n) is 13.2. The number of fused-ring (bicyclic) bond motifs is 2. The first kappa shape index (κ1) is 24.6. The van der Waals surface area contributed by atoms with Crippen molar-refractivity contribution in [3.8, 4) is 22.3 Å². The highest BCUT2D eigenvalue weighted by molar-refractivity contribution is 6.26. The van der Waals surface area contributed by atoms with Crippen molar-refractivity contribution < 1.29 is 0 Å². The van der Waals surface area contributed by atoms with Crippen LogP contribution in [0.2, 0.25) is 0 Å². The first-order valence-electron chi connectivity index (χ1n) is 16.3. The fourth-order valence-corrected chi connectivity index (χ4v) is 8.95. The average Bonchev–Trinajstić information content (AvgIpc) is 3.11. The van der Waals surface area contributed by atoms with Gasteiger partial charge in [-0.05, 0) is 123 Å². The molecule has 11 rings (SSSR count). The van der Waals surface area contributed by atoms with Gasteiger partial charge >= 0.3 is 0 Å².